The van der Waals surface area contributed by atoms with Crippen LogP contribution in [0.5, 0.6) is 0 Å². The SMILES string of the molecule is CC(C)C[C@H](NC(=O)C(C)NC(=O)OCC1c2ccccc2-c2ccccc21)C(=O)C(C#N)=S1CCCC1. The summed E-state index contributed by atoms with van der Waals surface area (Å²) < 4.78 is 5.56. The van der Waals surface area contributed by atoms with Gasteiger partial charge in [0.1, 0.15) is 23.6 Å². The van der Waals surface area contributed by atoms with Crippen LogP contribution in [0.4, 0.5) is 4.79 Å². The van der Waals surface area contributed by atoms with Gasteiger partial charge in [-0.1, -0.05) is 62.4 Å². The van der Waals surface area contributed by atoms with Gasteiger partial charge in [0.2, 0.25) is 11.7 Å². The maximum absolute atomic E-state index is 13.2. The van der Waals surface area contributed by atoms with E-state index >= 15 is 0 Å². The molecule has 0 radical (unpaired) electrons. The van der Waals surface area contributed by atoms with Crippen molar-refractivity contribution in [1.29, 1.82) is 5.26 Å². The molecule has 4 rings (SSSR count). The molecule has 7 nitrogen and oxygen atoms in total. The van der Waals surface area contributed by atoms with Crippen LogP contribution in [0.2, 0.25) is 0 Å². The van der Waals surface area contributed by atoms with Gasteiger partial charge < -0.3 is 15.4 Å². The molecule has 2 atom stereocenters. The van der Waals surface area contributed by atoms with E-state index in [1.807, 2.05) is 50.2 Å². The fraction of sp³-hybridized carbons (Fsp3) is 0.433. The Balaban J connectivity index is 1.37. The Morgan fingerprint density at radius 1 is 0.974 bits per heavy atom. The lowest BCUT2D eigenvalue weighted by atomic mass is 9.98. The number of Topliss-reactive ketones (excluding diaryl/α,β-unsaturated/α-hetero) is 1. The number of alkyl carbamates (subject to hydrolysis) is 1. The minimum Gasteiger partial charge on any atom is -0.449 e. The lowest BCUT2D eigenvalue weighted by Crippen LogP contribution is -2.52. The van der Waals surface area contributed by atoms with E-state index in [4.69, 9.17) is 4.74 Å². The summed E-state index contributed by atoms with van der Waals surface area (Å²) in [6.07, 6.45) is 1.76. The van der Waals surface area contributed by atoms with Crippen molar-refractivity contribution in [2.75, 3.05) is 18.1 Å². The Bertz CT molecular complexity index is 1240. The van der Waals surface area contributed by atoms with E-state index in [1.54, 1.807) is 6.92 Å². The lowest BCUT2D eigenvalue weighted by Gasteiger charge is -2.22. The van der Waals surface area contributed by atoms with Gasteiger partial charge in [-0.25, -0.2) is 4.79 Å². The number of nitrogens with one attached hydrogen (secondary N) is 2. The zero-order chi connectivity index (χ0) is 27.2. The van der Waals surface area contributed by atoms with E-state index in [0.717, 1.165) is 46.6 Å². The molecule has 0 saturated carbocycles. The molecule has 0 bridgehead atoms. The van der Waals surface area contributed by atoms with Gasteiger partial charge in [-0.15, -0.1) is 0 Å². The maximum atomic E-state index is 13.2. The number of ether oxygens (including phenoxy) is 1. The molecule has 1 unspecified atom stereocenters. The third kappa shape index (κ3) is 6.16. The summed E-state index contributed by atoms with van der Waals surface area (Å²) in [7, 11) is -0.336. The van der Waals surface area contributed by atoms with E-state index in [2.05, 4.69) is 28.8 Å². The van der Waals surface area contributed by atoms with Crippen LogP contribution in [0.15, 0.2) is 48.5 Å². The number of rotatable bonds is 9. The van der Waals surface area contributed by atoms with Crippen LogP contribution < -0.4 is 10.6 Å². The first-order chi connectivity index (χ1) is 18.3. The number of benzene rings is 2. The second kappa shape index (κ2) is 12.4. The fourth-order valence-electron chi connectivity index (χ4n) is 5.16. The molecule has 0 spiro atoms. The number of fused-ring (bicyclic) bond motifs is 3. The predicted octanol–water partition coefficient (Wildman–Crippen LogP) is 4.77. The molecule has 2 aliphatic rings. The molecule has 1 saturated heterocycles. The molecule has 1 heterocycles. The van der Waals surface area contributed by atoms with Crippen LogP contribution in [-0.4, -0.2) is 52.8 Å². The van der Waals surface area contributed by atoms with E-state index in [0.29, 0.717) is 6.42 Å². The zero-order valence-electron chi connectivity index (χ0n) is 22.2. The Kier molecular flexibility index (Phi) is 9.01. The van der Waals surface area contributed by atoms with Crippen molar-refractivity contribution in [3.63, 3.8) is 0 Å². The molecule has 1 fully saturated rings. The lowest BCUT2D eigenvalue weighted by molar-refractivity contribution is -0.126. The van der Waals surface area contributed by atoms with Gasteiger partial charge in [0, 0.05) is 5.92 Å². The Morgan fingerprint density at radius 3 is 2.11 bits per heavy atom. The smallest absolute Gasteiger partial charge is 0.407 e. The summed E-state index contributed by atoms with van der Waals surface area (Å²) in [6, 6.07) is 16.6. The summed E-state index contributed by atoms with van der Waals surface area (Å²) in [5.41, 5.74) is 4.49. The molecule has 1 aliphatic carbocycles. The highest BCUT2D eigenvalue weighted by molar-refractivity contribution is 8.17. The molecule has 2 amide bonds. The van der Waals surface area contributed by atoms with Crippen LogP contribution in [-0.2, 0) is 14.3 Å². The Labute approximate surface area is 226 Å². The second-order valence-electron chi connectivity index (χ2n) is 10.3. The summed E-state index contributed by atoms with van der Waals surface area (Å²) >= 11 is 0. The summed E-state index contributed by atoms with van der Waals surface area (Å²) in [5, 5.41) is 15.1. The second-order valence-corrected chi connectivity index (χ2v) is 12.5. The summed E-state index contributed by atoms with van der Waals surface area (Å²) in [4.78, 5) is 39.1. The van der Waals surface area contributed by atoms with Crippen molar-refractivity contribution in [1.82, 2.24) is 10.6 Å². The first-order valence-electron chi connectivity index (χ1n) is 13.2. The van der Waals surface area contributed by atoms with E-state index in [-0.39, 0.29) is 39.6 Å². The average molecular weight is 534 g/mol. The van der Waals surface area contributed by atoms with Crippen molar-refractivity contribution in [3.8, 4) is 17.2 Å². The van der Waals surface area contributed by atoms with Crippen LogP contribution in [0.25, 0.3) is 11.1 Å². The molecule has 0 aromatic heterocycles. The third-order valence-electron chi connectivity index (χ3n) is 7.06. The van der Waals surface area contributed by atoms with Crippen LogP contribution in [0.3, 0.4) is 0 Å². The molecule has 38 heavy (non-hydrogen) atoms. The number of ketones is 1. The van der Waals surface area contributed by atoms with Crippen molar-refractivity contribution in [2.45, 2.75) is 58.0 Å². The Morgan fingerprint density at radius 2 is 1.55 bits per heavy atom. The van der Waals surface area contributed by atoms with Gasteiger partial charge in [0.25, 0.3) is 0 Å². The normalized spacial score (nSPS) is 16.2. The van der Waals surface area contributed by atoms with Gasteiger partial charge in [0.05, 0.1) is 6.04 Å². The maximum Gasteiger partial charge on any atom is 0.407 e. The first kappa shape index (κ1) is 27.6. The average Bonchev–Trinajstić information content (AvgIpc) is 3.54. The summed E-state index contributed by atoms with van der Waals surface area (Å²) in [5.74, 6) is 0.994. The topological polar surface area (TPSA) is 108 Å². The monoisotopic (exact) mass is 533 g/mol. The third-order valence-corrected chi connectivity index (χ3v) is 9.49. The number of hydrogen-bond acceptors (Lipinski definition) is 5. The molecule has 2 aromatic carbocycles. The number of nitrogens with zero attached hydrogens (tertiary/aromatic N) is 1. The number of hydrogen-bond donors (Lipinski definition) is 2. The zero-order valence-corrected chi connectivity index (χ0v) is 23.0. The van der Waals surface area contributed by atoms with Gasteiger partial charge in [-0.2, -0.15) is 15.7 Å². The highest BCUT2D eigenvalue weighted by atomic mass is 32.2. The number of nitriles is 1. The fourth-order valence-corrected chi connectivity index (χ4v) is 7.43. The van der Waals surface area contributed by atoms with Crippen LogP contribution in [0, 0.1) is 17.2 Å². The van der Waals surface area contributed by atoms with Crippen LogP contribution in [0.1, 0.15) is 57.1 Å². The van der Waals surface area contributed by atoms with E-state index in [1.165, 1.54) is 0 Å². The van der Waals surface area contributed by atoms with Crippen molar-refractivity contribution in [3.05, 3.63) is 59.7 Å². The minimum absolute atomic E-state index is 0.0818. The molecule has 1 aliphatic heterocycles. The number of carbonyl (C=O) groups excluding carboxylic acids is 3. The molecular weight excluding hydrogens is 498 g/mol. The molecule has 2 N–H and O–H groups in total. The standard InChI is InChI=1S/C30H35N3O4S/c1-19(2)16-26(28(34)27(17-31)38-14-8-9-15-38)33-29(35)20(3)32-30(36)37-18-25-23-12-6-4-10-21(23)22-11-5-7-13-24(22)25/h4-7,10-13,19-20,25-26H,8-9,14-16,18H2,1-3H3,(H,32,36)(H,33,35)/t20?,26-/m0/s1. The van der Waals surface area contributed by atoms with Gasteiger partial charge in [-0.3, -0.25) is 9.59 Å². The Hall–Kier alpha value is -3.44. The van der Waals surface area contributed by atoms with Crippen molar-refractivity contribution in [2.24, 2.45) is 5.92 Å². The molecule has 8 heteroatoms. The predicted molar refractivity (Wildman–Crippen MR) is 151 cm³/mol. The number of amides is 2. The van der Waals surface area contributed by atoms with Gasteiger partial charge in [-0.05, 0) is 65.9 Å². The molecular formula is C30H35N3O4S. The minimum atomic E-state index is -0.910. The van der Waals surface area contributed by atoms with E-state index < -0.39 is 24.1 Å². The highest BCUT2D eigenvalue weighted by Crippen LogP contribution is 2.44. The van der Waals surface area contributed by atoms with Crippen LogP contribution >= 0.6 is 10.5 Å². The summed E-state index contributed by atoms with van der Waals surface area (Å²) in [6.45, 7) is 5.64. The van der Waals surface area contributed by atoms with Crippen molar-refractivity contribution < 1.29 is 19.1 Å². The van der Waals surface area contributed by atoms with E-state index in [9.17, 15) is 19.6 Å². The molecule has 2 aromatic rings. The van der Waals surface area contributed by atoms with Gasteiger partial charge in [0.15, 0.2) is 0 Å². The largest absolute Gasteiger partial charge is 0.449 e. The highest BCUT2D eigenvalue weighted by Gasteiger charge is 2.31. The quantitative estimate of drug-likeness (QED) is 0.452. The van der Waals surface area contributed by atoms with Crippen molar-refractivity contribution >= 4 is 33.1 Å². The first-order valence-corrected chi connectivity index (χ1v) is 14.8. The molecule has 200 valence electrons. The van der Waals surface area contributed by atoms with Gasteiger partial charge >= 0.3 is 6.09 Å². The number of carbonyl (C=O) groups is 3.